The van der Waals surface area contributed by atoms with Gasteiger partial charge in [0, 0.05) is 36.3 Å². The molecule has 1 aliphatic rings. The summed E-state index contributed by atoms with van der Waals surface area (Å²) < 4.78 is 7.51. The molecule has 2 N–H and O–H groups in total. The summed E-state index contributed by atoms with van der Waals surface area (Å²) in [6.45, 7) is 6.26. The second kappa shape index (κ2) is 7.04. The van der Waals surface area contributed by atoms with Crippen LogP contribution in [0.3, 0.4) is 0 Å². The lowest BCUT2D eigenvalue weighted by molar-refractivity contribution is 0.248. The van der Waals surface area contributed by atoms with Crippen LogP contribution in [-0.4, -0.2) is 50.2 Å². The van der Waals surface area contributed by atoms with Crippen molar-refractivity contribution < 1.29 is 4.74 Å². The van der Waals surface area contributed by atoms with Gasteiger partial charge < -0.3 is 10.5 Å². The van der Waals surface area contributed by atoms with Gasteiger partial charge in [0.2, 0.25) is 0 Å². The minimum atomic E-state index is -0.117. The van der Waals surface area contributed by atoms with Crippen molar-refractivity contribution in [3.63, 3.8) is 0 Å². The van der Waals surface area contributed by atoms with Crippen molar-refractivity contribution >= 4 is 16.6 Å². The number of methoxy groups -OCH3 is 1. The quantitative estimate of drug-likeness (QED) is 0.563. The Morgan fingerprint density at radius 1 is 1.13 bits per heavy atom. The summed E-state index contributed by atoms with van der Waals surface area (Å²) in [7, 11) is 1.66. The molecule has 1 fully saturated rings. The number of fused-ring (bicyclic) bond motifs is 2. The SMILES string of the molecule is COc1cccc2ccc(-c3nnc4ccc([C@H](C)N5CC[C@](C)(N)C5)cn34)nc12. The van der Waals surface area contributed by atoms with E-state index in [0.29, 0.717) is 0 Å². The zero-order chi connectivity index (χ0) is 20.9. The van der Waals surface area contributed by atoms with Crippen LogP contribution in [0.1, 0.15) is 31.9 Å². The van der Waals surface area contributed by atoms with Gasteiger partial charge >= 0.3 is 0 Å². The first-order valence-electron chi connectivity index (χ1n) is 10.3. The molecule has 3 aromatic heterocycles. The number of nitrogens with two attached hydrogens (primary N) is 1. The van der Waals surface area contributed by atoms with E-state index in [-0.39, 0.29) is 11.6 Å². The van der Waals surface area contributed by atoms with Crippen molar-refractivity contribution in [1.82, 2.24) is 24.5 Å². The topological polar surface area (TPSA) is 81.6 Å². The van der Waals surface area contributed by atoms with Gasteiger partial charge in [-0.2, -0.15) is 0 Å². The van der Waals surface area contributed by atoms with Gasteiger partial charge in [-0.15, -0.1) is 10.2 Å². The minimum Gasteiger partial charge on any atom is -0.494 e. The standard InChI is InChI=1S/C23H26N6O/c1-15(28-12-11-23(2,24)14-28)17-8-10-20-26-27-22(29(20)13-17)18-9-7-16-5-4-6-19(30-3)21(16)25-18/h4-10,13,15H,11-12,14,24H2,1-3H3/t15-,23-/m0/s1. The minimum absolute atomic E-state index is 0.117. The number of nitrogens with zero attached hydrogens (tertiary/aromatic N) is 5. The Kier molecular flexibility index (Phi) is 4.45. The van der Waals surface area contributed by atoms with Crippen LogP contribution < -0.4 is 10.5 Å². The Morgan fingerprint density at radius 3 is 2.77 bits per heavy atom. The maximum atomic E-state index is 6.34. The monoisotopic (exact) mass is 402 g/mol. The predicted molar refractivity (Wildman–Crippen MR) is 117 cm³/mol. The third-order valence-corrected chi connectivity index (χ3v) is 6.12. The number of hydrogen-bond donors (Lipinski definition) is 1. The van der Waals surface area contributed by atoms with Crippen molar-refractivity contribution in [1.29, 1.82) is 0 Å². The lowest BCUT2D eigenvalue weighted by atomic mass is 10.0. The largest absolute Gasteiger partial charge is 0.494 e. The van der Waals surface area contributed by atoms with Crippen LogP contribution in [0.5, 0.6) is 5.75 Å². The second-order valence-corrected chi connectivity index (χ2v) is 8.49. The number of hydrogen-bond acceptors (Lipinski definition) is 6. The first-order chi connectivity index (χ1) is 14.4. The highest BCUT2D eigenvalue weighted by molar-refractivity contribution is 5.86. The van der Waals surface area contributed by atoms with Gasteiger partial charge in [0.1, 0.15) is 17.0 Å². The zero-order valence-corrected chi connectivity index (χ0v) is 17.5. The molecule has 1 aliphatic heterocycles. The fraction of sp³-hybridized carbons (Fsp3) is 0.348. The normalized spacial score (nSPS) is 20.8. The fourth-order valence-electron chi connectivity index (χ4n) is 4.30. The number of aromatic nitrogens is 4. The first kappa shape index (κ1) is 19.0. The molecule has 2 atom stereocenters. The number of likely N-dealkylation sites (tertiary alicyclic amines) is 1. The highest BCUT2D eigenvalue weighted by atomic mass is 16.5. The van der Waals surface area contributed by atoms with E-state index in [1.165, 1.54) is 5.56 Å². The summed E-state index contributed by atoms with van der Waals surface area (Å²) in [5.41, 5.74) is 9.81. The van der Waals surface area contributed by atoms with Gasteiger partial charge in [0.25, 0.3) is 0 Å². The van der Waals surface area contributed by atoms with Crippen LogP contribution >= 0.6 is 0 Å². The lowest BCUT2D eigenvalue weighted by Gasteiger charge is -2.26. The van der Waals surface area contributed by atoms with E-state index in [4.69, 9.17) is 15.5 Å². The van der Waals surface area contributed by atoms with E-state index in [0.717, 1.165) is 53.3 Å². The summed E-state index contributed by atoms with van der Waals surface area (Å²) in [4.78, 5) is 7.27. The zero-order valence-electron chi connectivity index (χ0n) is 17.5. The van der Waals surface area contributed by atoms with Crippen molar-refractivity contribution in [3.05, 3.63) is 54.2 Å². The highest BCUT2D eigenvalue weighted by Crippen LogP contribution is 2.30. The van der Waals surface area contributed by atoms with Crippen molar-refractivity contribution in [2.75, 3.05) is 20.2 Å². The van der Waals surface area contributed by atoms with Crippen LogP contribution in [0.4, 0.5) is 0 Å². The summed E-state index contributed by atoms with van der Waals surface area (Å²) in [5, 5.41) is 9.80. The number of para-hydroxylation sites is 1. The van der Waals surface area contributed by atoms with Crippen LogP contribution in [0.2, 0.25) is 0 Å². The van der Waals surface area contributed by atoms with E-state index in [1.807, 2.05) is 40.8 Å². The molecule has 0 unspecified atom stereocenters. The van der Waals surface area contributed by atoms with Gasteiger partial charge in [-0.25, -0.2) is 4.98 Å². The van der Waals surface area contributed by atoms with Gasteiger partial charge in [-0.05, 0) is 44.0 Å². The molecular weight excluding hydrogens is 376 g/mol. The maximum Gasteiger partial charge on any atom is 0.187 e. The Balaban J connectivity index is 1.56. The number of rotatable bonds is 4. The van der Waals surface area contributed by atoms with Crippen LogP contribution in [0, 0.1) is 0 Å². The Hall–Kier alpha value is -3.03. The number of benzene rings is 1. The maximum absolute atomic E-state index is 6.34. The Morgan fingerprint density at radius 2 is 2.00 bits per heavy atom. The third kappa shape index (κ3) is 3.20. The van der Waals surface area contributed by atoms with Gasteiger partial charge in [-0.1, -0.05) is 24.3 Å². The molecule has 30 heavy (non-hydrogen) atoms. The molecule has 0 radical (unpaired) electrons. The van der Waals surface area contributed by atoms with Gasteiger partial charge in [-0.3, -0.25) is 9.30 Å². The summed E-state index contributed by atoms with van der Waals surface area (Å²) in [5.74, 6) is 1.47. The molecule has 0 saturated carbocycles. The van der Waals surface area contributed by atoms with Crippen molar-refractivity contribution in [2.45, 2.75) is 31.8 Å². The van der Waals surface area contributed by atoms with Gasteiger partial charge in [0.15, 0.2) is 11.5 Å². The summed E-state index contributed by atoms with van der Waals surface area (Å²) in [6.07, 6.45) is 3.13. The second-order valence-electron chi connectivity index (χ2n) is 8.49. The van der Waals surface area contributed by atoms with E-state index >= 15 is 0 Å². The summed E-state index contributed by atoms with van der Waals surface area (Å²) in [6, 6.07) is 14.3. The van der Waals surface area contributed by atoms with E-state index < -0.39 is 0 Å². The predicted octanol–water partition coefficient (Wildman–Crippen LogP) is 3.44. The molecule has 0 aliphatic carbocycles. The molecule has 0 amide bonds. The molecule has 4 aromatic rings. The van der Waals surface area contributed by atoms with Crippen LogP contribution in [0.15, 0.2) is 48.7 Å². The molecule has 0 spiro atoms. The van der Waals surface area contributed by atoms with Crippen molar-refractivity contribution in [2.24, 2.45) is 5.73 Å². The fourth-order valence-corrected chi connectivity index (χ4v) is 4.30. The molecule has 4 heterocycles. The van der Waals surface area contributed by atoms with Crippen LogP contribution in [0.25, 0.3) is 28.1 Å². The van der Waals surface area contributed by atoms with Crippen LogP contribution in [-0.2, 0) is 0 Å². The van der Waals surface area contributed by atoms with E-state index in [9.17, 15) is 0 Å². The number of pyridine rings is 2. The molecule has 0 bridgehead atoms. The number of ether oxygens (including phenoxy) is 1. The molecule has 7 heteroatoms. The highest BCUT2D eigenvalue weighted by Gasteiger charge is 2.32. The molecule has 1 aromatic carbocycles. The molecule has 5 rings (SSSR count). The van der Waals surface area contributed by atoms with E-state index in [2.05, 4.69) is 41.2 Å². The molecule has 154 valence electrons. The Bertz CT molecular complexity index is 1230. The molecule has 7 nitrogen and oxygen atoms in total. The average molecular weight is 403 g/mol. The third-order valence-electron chi connectivity index (χ3n) is 6.12. The Labute approximate surface area is 175 Å². The van der Waals surface area contributed by atoms with Crippen molar-refractivity contribution in [3.8, 4) is 17.3 Å². The molecule has 1 saturated heterocycles. The first-order valence-corrected chi connectivity index (χ1v) is 10.3. The lowest BCUT2D eigenvalue weighted by Crippen LogP contribution is -2.39. The molecular formula is C23H26N6O. The average Bonchev–Trinajstić information content (AvgIpc) is 3.34. The summed E-state index contributed by atoms with van der Waals surface area (Å²) >= 11 is 0. The smallest absolute Gasteiger partial charge is 0.187 e. The van der Waals surface area contributed by atoms with E-state index in [1.54, 1.807) is 7.11 Å². The van der Waals surface area contributed by atoms with Gasteiger partial charge in [0.05, 0.1) is 7.11 Å².